The lowest BCUT2D eigenvalue weighted by Gasteiger charge is -2.29. The van der Waals surface area contributed by atoms with Gasteiger partial charge in [0.2, 0.25) is 0 Å². The SMILES string of the molecule is Cc1nocc1Cn1cc(C2(O)CCCCC2)nn1. The van der Waals surface area contributed by atoms with Crippen molar-refractivity contribution in [2.45, 2.75) is 51.2 Å². The van der Waals surface area contributed by atoms with Gasteiger partial charge in [0.1, 0.15) is 17.6 Å². The summed E-state index contributed by atoms with van der Waals surface area (Å²) in [4.78, 5) is 0. The highest BCUT2D eigenvalue weighted by molar-refractivity contribution is 5.14. The van der Waals surface area contributed by atoms with Crippen molar-refractivity contribution in [2.75, 3.05) is 0 Å². The molecule has 1 saturated carbocycles. The fraction of sp³-hybridized carbons (Fsp3) is 0.615. The first-order valence-electron chi connectivity index (χ1n) is 6.70. The van der Waals surface area contributed by atoms with E-state index in [4.69, 9.17) is 4.52 Å². The van der Waals surface area contributed by atoms with Crippen molar-refractivity contribution in [3.63, 3.8) is 0 Å². The maximum Gasteiger partial charge on any atom is 0.129 e. The van der Waals surface area contributed by atoms with Crippen LogP contribution in [-0.2, 0) is 12.1 Å². The molecule has 3 rings (SSSR count). The molecule has 19 heavy (non-hydrogen) atoms. The summed E-state index contributed by atoms with van der Waals surface area (Å²) < 4.78 is 6.62. The Kier molecular flexibility index (Phi) is 3.10. The Bertz CT molecular complexity index is 554. The normalized spacial score (nSPS) is 18.6. The molecule has 0 atom stereocenters. The molecular weight excluding hydrogens is 244 g/mol. The molecule has 1 aliphatic rings. The molecule has 0 bridgehead atoms. The van der Waals surface area contributed by atoms with Crippen LogP contribution in [0, 0.1) is 6.92 Å². The van der Waals surface area contributed by atoms with E-state index in [1.165, 1.54) is 6.42 Å². The highest BCUT2D eigenvalue weighted by Crippen LogP contribution is 2.35. The monoisotopic (exact) mass is 262 g/mol. The molecule has 2 aromatic rings. The highest BCUT2D eigenvalue weighted by Gasteiger charge is 2.33. The molecule has 1 aliphatic carbocycles. The predicted octanol–water partition coefficient (Wildman–Crippen LogP) is 1.77. The summed E-state index contributed by atoms with van der Waals surface area (Å²) >= 11 is 0. The van der Waals surface area contributed by atoms with E-state index in [-0.39, 0.29) is 0 Å². The second kappa shape index (κ2) is 4.77. The van der Waals surface area contributed by atoms with Crippen molar-refractivity contribution in [2.24, 2.45) is 0 Å². The lowest BCUT2D eigenvalue weighted by Crippen LogP contribution is -2.28. The van der Waals surface area contributed by atoms with Crippen molar-refractivity contribution in [3.8, 4) is 0 Å². The largest absolute Gasteiger partial charge is 0.383 e. The fourth-order valence-electron chi connectivity index (χ4n) is 2.62. The van der Waals surface area contributed by atoms with Gasteiger partial charge >= 0.3 is 0 Å². The first kappa shape index (κ1) is 12.3. The third kappa shape index (κ3) is 2.40. The summed E-state index contributed by atoms with van der Waals surface area (Å²) in [6.07, 6.45) is 8.29. The highest BCUT2D eigenvalue weighted by atomic mass is 16.5. The third-order valence-corrected chi connectivity index (χ3v) is 3.88. The minimum atomic E-state index is -0.791. The average molecular weight is 262 g/mol. The topological polar surface area (TPSA) is 77.0 Å². The molecule has 1 fully saturated rings. The zero-order valence-corrected chi connectivity index (χ0v) is 11.0. The van der Waals surface area contributed by atoms with Crippen LogP contribution in [-0.4, -0.2) is 25.3 Å². The van der Waals surface area contributed by atoms with E-state index in [9.17, 15) is 5.11 Å². The minimum absolute atomic E-state index is 0.568. The van der Waals surface area contributed by atoms with Crippen LogP contribution in [0.25, 0.3) is 0 Å². The molecule has 0 radical (unpaired) electrons. The second-order valence-corrected chi connectivity index (χ2v) is 5.32. The average Bonchev–Trinajstić information content (AvgIpc) is 3.02. The van der Waals surface area contributed by atoms with Gasteiger partial charge in [0.25, 0.3) is 0 Å². The quantitative estimate of drug-likeness (QED) is 0.912. The molecule has 0 saturated heterocycles. The van der Waals surface area contributed by atoms with E-state index >= 15 is 0 Å². The van der Waals surface area contributed by atoms with Crippen molar-refractivity contribution < 1.29 is 9.63 Å². The fourth-order valence-corrected chi connectivity index (χ4v) is 2.62. The van der Waals surface area contributed by atoms with Crippen LogP contribution in [0.1, 0.15) is 49.1 Å². The molecule has 6 nitrogen and oxygen atoms in total. The molecule has 0 unspecified atom stereocenters. The second-order valence-electron chi connectivity index (χ2n) is 5.32. The van der Waals surface area contributed by atoms with E-state index < -0.39 is 5.60 Å². The lowest BCUT2D eigenvalue weighted by atomic mass is 9.83. The van der Waals surface area contributed by atoms with Gasteiger partial charge in [0, 0.05) is 5.56 Å². The molecule has 2 aromatic heterocycles. The van der Waals surface area contributed by atoms with Crippen molar-refractivity contribution >= 4 is 0 Å². The Morgan fingerprint density at radius 1 is 1.37 bits per heavy atom. The van der Waals surface area contributed by atoms with Gasteiger partial charge in [-0.05, 0) is 19.8 Å². The van der Waals surface area contributed by atoms with Crippen LogP contribution in [0.2, 0.25) is 0 Å². The lowest BCUT2D eigenvalue weighted by molar-refractivity contribution is -0.00474. The number of aliphatic hydroxyl groups is 1. The summed E-state index contributed by atoms with van der Waals surface area (Å²) in [7, 11) is 0. The summed E-state index contributed by atoms with van der Waals surface area (Å²) in [6, 6.07) is 0. The maximum absolute atomic E-state index is 10.6. The molecule has 6 heteroatoms. The molecular formula is C13H18N4O2. The van der Waals surface area contributed by atoms with Crippen molar-refractivity contribution in [1.29, 1.82) is 0 Å². The maximum atomic E-state index is 10.6. The van der Waals surface area contributed by atoms with Crippen LogP contribution in [0.15, 0.2) is 17.0 Å². The smallest absolute Gasteiger partial charge is 0.129 e. The number of nitrogens with zero attached hydrogens (tertiary/aromatic N) is 4. The van der Waals surface area contributed by atoms with Gasteiger partial charge in [-0.15, -0.1) is 5.10 Å². The number of hydrogen-bond acceptors (Lipinski definition) is 5. The number of rotatable bonds is 3. The first-order chi connectivity index (χ1) is 9.17. The van der Waals surface area contributed by atoms with Gasteiger partial charge in [0.05, 0.1) is 18.4 Å². The first-order valence-corrected chi connectivity index (χ1v) is 6.70. The van der Waals surface area contributed by atoms with E-state index in [0.717, 1.165) is 36.9 Å². The molecule has 0 aliphatic heterocycles. The number of hydrogen-bond donors (Lipinski definition) is 1. The molecule has 1 N–H and O–H groups in total. The van der Waals surface area contributed by atoms with E-state index in [1.807, 2.05) is 13.1 Å². The number of aryl methyl sites for hydroxylation is 1. The molecule has 102 valence electrons. The zero-order chi connectivity index (χ0) is 13.3. The standard InChI is InChI=1S/C13H18N4O2/c1-10-11(9-19-15-10)7-17-8-12(14-16-17)13(18)5-3-2-4-6-13/h8-9,18H,2-7H2,1H3. The van der Waals surface area contributed by atoms with E-state index in [2.05, 4.69) is 15.5 Å². The van der Waals surface area contributed by atoms with E-state index in [0.29, 0.717) is 12.2 Å². The van der Waals surface area contributed by atoms with Gasteiger partial charge in [0.15, 0.2) is 0 Å². The minimum Gasteiger partial charge on any atom is -0.383 e. The summed E-state index contributed by atoms with van der Waals surface area (Å²) in [5.41, 5.74) is 1.72. The molecule has 2 heterocycles. The Labute approximate surface area is 111 Å². The van der Waals surface area contributed by atoms with Crippen LogP contribution in [0.3, 0.4) is 0 Å². The van der Waals surface area contributed by atoms with Gasteiger partial charge in [-0.2, -0.15) is 0 Å². The molecule has 0 spiro atoms. The summed E-state index contributed by atoms with van der Waals surface area (Å²) in [6.45, 7) is 2.46. The van der Waals surface area contributed by atoms with Crippen LogP contribution < -0.4 is 0 Å². The van der Waals surface area contributed by atoms with Crippen LogP contribution in [0.4, 0.5) is 0 Å². The zero-order valence-electron chi connectivity index (χ0n) is 11.0. The Morgan fingerprint density at radius 2 is 2.16 bits per heavy atom. The van der Waals surface area contributed by atoms with Crippen LogP contribution in [0.5, 0.6) is 0 Å². The Balaban J connectivity index is 1.77. The Morgan fingerprint density at radius 3 is 2.84 bits per heavy atom. The van der Waals surface area contributed by atoms with Gasteiger partial charge < -0.3 is 9.63 Å². The summed E-state index contributed by atoms with van der Waals surface area (Å²) in [5.74, 6) is 0. The van der Waals surface area contributed by atoms with Crippen molar-refractivity contribution in [3.05, 3.63) is 29.4 Å². The van der Waals surface area contributed by atoms with Gasteiger partial charge in [-0.3, -0.25) is 0 Å². The van der Waals surface area contributed by atoms with Gasteiger partial charge in [-0.1, -0.05) is 29.6 Å². The van der Waals surface area contributed by atoms with E-state index in [1.54, 1.807) is 10.9 Å². The van der Waals surface area contributed by atoms with Gasteiger partial charge in [-0.25, -0.2) is 4.68 Å². The summed E-state index contributed by atoms with van der Waals surface area (Å²) in [5, 5.41) is 22.7. The third-order valence-electron chi connectivity index (χ3n) is 3.88. The van der Waals surface area contributed by atoms with Crippen LogP contribution >= 0.6 is 0 Å². The van der Waals surface area contributed by atoms with Crippen molar-refractivity contribution in [1.82, 2.24) is 20.2 Å². The number of aromatic nitrogens is 4. The molecule has 0 aromatic carbocycles. The molecule has 0 amide bonds. The Hall–Kier alpha value is -1.69. The predicted molar refractivity (Wildman–Crippen MR) is 67.3 cm³/mol.